The van der Waals surface area contributed by atoms with E-state index in [1.54, 1.807) is 16.9 Å². The Balaban J connectivity index is 1.69. The van der Waals surface area contributed by atoms with Gasteiger partial charge in [0.05, 0.1) is 6.10 Å². The van der Waals surface area contributed by atoms with Gasteiger partial charge in [-0.15, -0.1) is 0 Å². The van der Waals surface area contributed by atoms with Crippen molar-refractivity contribution in [2.75, 3.05) is 6.54 Å². The van der Waals surface area contributed by atoms with Gasteiger partial charge < -0.3 is 10.4 Å². The number of hydrogen-bond acceptors (Lipinski definition) is 3. The molecule has 0 fully saturated rings. The first-order chi connectivity index (χ1) is 11.6. The highest BCUT2D eigenvalue weighted by molar-refractivity contribution is 5.92. The van der Waals surface area contributed by atoms with Crippen molar-refractivity contribution < 1.29 is 9.90 Å². The Bertz CT molecular complexity index is 854. The smallest absolute Gasteiger partial charge is 0.269 e. The number of aromatic nitrogens is 2. The van der Waals surface area contributed by atoms with Gasteiger partial charge in [-0.25, -0.2) is 0 Å². The van der Waals surface area contributed by atoms with Crippen LogP contribution in [0.3, 0.4) is 0 Å². The minimum atomic E-state index is -0.756. The molecular formula is C19H21N3O2. The fourth-order valence-corrected chi connectivity index (χ4v) is 2.72. The average Bonchev–Trinajstić information content (AvgIpc) is 3.09. The van der Waals surface area contributed by atoms with E-state index in [1.165, 1.54) is 0 Å². The summed E-state index contributed by atoms with van der Waals surface area (Å²) >= 11 is 0. The molecule has 2 N–H and O–H groups in total. The van der Waals surface area contributed by atoms with Gasteiger partial charge >= 0.3 is 0 Å². The molecule has 0 saturated carbocycles. The van der Waals surface area contributed by atoms with Crippen molar-refractivity contribution in [3.8, 4) is 0 Å². The van der Waals surface area contributed by atoms with Crippen molar-refractivity contribution in [3.05, 3.63) is 66.0 Å². The van der Waals surface area contributed by atoms with Gasteiger partial charge in [-0.2, -0.15) is 5.10 Å². The number of rotatable bonds is 5. The van der Waals surface area contributed by atoms with Gasteiger partial charge in [0.2, 0.25) is 0 Å². The lowest BCUT2D eigenvalue weighted by Crippen LogP contribution is -2.30. The highest BCUT2D eigenvalue weighted by Crippen LogP contribution is 2.20. The number of benzene rings is 2. The molecule has 1 aromatic heterocycles. The van der Waals surface area contributed by atoms with Gasteiger partial charge in [0, 0.05) is 18.8 Å². The fourth-order valence-electron chi connectivity index (χ4n) is 2.72. The lowest BCUT2D eigenvalue weighted by atomic mass is 10.0. The molecule has 0 aliphatic heterocycles. The summed E-state index contributed by atoms with van der Waals surface area (Å²) in [4.78, 5) is 12.3. The molecule has 0 radical (unpaired) electrons. The van der Waals surface area contributed by atoms with Crippen LogP contribution in [-0.2, 0) is 0 Å². The Morgan fingerprint density at radius 2 is 1.92 bits per heavy atom. The van der Waals surface area contributed by atoms with Crippen LogP contribution in [0, 0.1) is 0 Å². The van der Waals surface area contributed by atoms with Gasteiger partial charge in [-0.1, -0.05) is 36.4 Å². The van der Waals surface area contributed by atoms with E-state index in [4.69, 9.17) is 0 Å². The summed E-state index contributed by atoms with van der Waals surface area (Å²) in [6, 6.07) is 15.6. The molecule has 0 aliphatic carbocycles. The Morgan fingerprint density at radius 1 is 1.17 bits per heavy atom. The molecule has 1 atom stereocenters. The van der Waals surface area contributed by atoms with E-state index in [1.807, 2.05) is 56.3 Å². The van der Waals surface area contributed by atoms with Gasteiger partial charge in [0.1, 0.15) is 5.69 Å². The largest absolute Gasteiger partial charge is 0.387 e. The maximum absolute atomic E-state index is 12.3. The SMILES string of the molecule is CC(C)n1nccc1C(=O)NCC(O)c1ccc2ccccc2c1. The minimum Gasteiger partial charge on any atom is -0.387 e. The molecule has 3 rings (SSSR count). The molecular weight excluding hydrogens is 302 g/mol. The van der Waals surface area contributed by atoms with Gasteiger partial charge in [0.15, 0.2) is 0 Å². The second-order valence-electron chi connectivity index (χ2n) is 6.09. The van der Waals surface area contributed by atoms with E-state index in [-0.39, 0.29) is 18.5 Å². The third kappa shape index (κ3) is 3.31. The van der Waals surface area contributed by atoms with Crippen LogP contribution in [0.4, 0.5) is 0 Å². The topological polar surface area (TPSA) is 67.2 Å². The Morgan fingerprint density at radius 3 is 2.67 bits per heavy atom. The Kier molecular flexibility index (Phi) is 4.62. The molecule has 1 amide bonds. The van der Waals surface area contributed by atoms with Crippen LogP contribution in [0.2, 0.25) is 0 Å². The third-order valence-electron chi connectivity index (χ3n) is 4.01. The zero-order valence-electron chi connectivity index (χ0n) is 13.8. The van der Waals surface area contributed by atoms with E-state index in [0.717, 1.165) is 16.3 Å². The lowest BCUT2D eigenvalue weighted by Gasteiger charge is -2.14. The number of hydrogen-bond donors (Lipinski definition) is 2. The molecule has 0 spiro atoms. The number of aliphatic hydroxyl groups is 1. The minimum absolute atomic E-state index is 0.103. The van der Waals surface area contributed by atoms with Crippen LogP contribution in [0.25, 0.3) is 10.8 Å². The molecule has 5 heteroatoms. The number of carbonyl (C=O) groups excluding carboxylic acids is 1. The van der Waals surface area contributed by atoms with Crippen molar-refractivity contribution in [1.29, 1.82) is 0 Å². The summed E-state index contributed by atoms with van der Waals surface area (Å²) < 4.78 is 1.66. The van der Waals surface area contributed by atoms with E-state index >= 15 is 0 Å². The predicted molar refractivity (Wildman–Crippen MR) is 93.9 cm³/mol. The van der Waals surface area contributed by atoms with Crippen LogP contribution in [0.15, 0.2) is 54.7 Å². The molecule has 1 heterocycles. The van der Waals surface area contributed by atoms with Gasteiger partial charge in [-0.3, -0.25) is 9.48 Å². The Hall–Kier alpha value is -2.66. The second kappa shape index (κ2) is 6.84. The number of nitrogens with zero attached hydrogens (tertiary/aromatic N) is 2. The highest BCUT2D eigenvalue weighted by atomic mass is 16.3. The standard InChI is InChI=1S/C19H21N3O2/c1-13(2)22-17(9-10-21-22)19(24)20-12-18(23)16-8-7-14-5-3-4-6-15(14)11-16/h3-11,13,18,23H,12H2,1-2H3,(H,20,24). The first kappa shape index (κ1) is 16.2. The van der Waals surface area contributed by atoms with E-state index < -0.39 is 6.10 Å². The van der Waals surface area contributed by atoms with Gasteiger partial charge in [-0.05, 0) is 42.3 Å². The molecule has 0 aliphatic rings. The molecule has 2 aromatic carbocycles. The molecule has 24 heavy (non-hydrogen) atoms. The van der Waals surface area contributed by atoms with Gasteiger partial charge in [0.25, 0.3) is 5.91 Å². The van der Waals surface area contributed by atoms with Crippen molar-refractivity contribution >= 4 is 16.7 Å². The molecule has 0 bridgehead atoms. The second-order valence-corrected chi connectivity index (χ2v) is 6.09. The predicted octanol–water partition coefficient (Wildman–Crippen LogP) is 3.08. The van der Waals surface area contributed by atoms with E-state index in [9.17, 15) is 9.90 Å². The third-order valence-corrected chi connectivity index (χ3v) is 4.01. The van der Waals surface area contributed by atoms with Crippen LogP contribution in [0.1, 0.15) is 42.0 Å². The highest BCUT2D eigenvalue weighted by Gasteiger charge is 2.16. The normalized spacial score (nSPS) is 12.5. The zero-order valence-corrected chi connectivity index (χ0v) is 13.8. The van der Waals surface area contributed by atoms with Crippen LogP contribution in [-0.4, -0.2) is 27.3 Å². The monoisotopic (exact) mass is 323 g/mol. The first-order valence-electron chi connectivity index (χ1n) is 8.04. The van der Waals surface area contributed by atoms with Crippen molar-refractivity contribution in [3.63, 3.8) is 0 Å². The summed E-state index contributed by atoms with van der Waals surface area (Å²) in [6.45, 7) is 4.09. The van der Waals surface area contributed by atoms with Crippen molar-refractivity contribution in [2.45, 2.75) is 26.0 Å². The lowest BCUT2D eigenvalue weighted by molar-refractivity contribution is 0.0904. The summed E-state index contributed by atoms with van der Waals surface area (Å²) in [7, 11) is 0. The molecule has 124 valence electrons. The van der Waals surface area contributed by atoms with Crippen LogP contribution < -0.4 is 5.32 Å². The number of fused-ring (bicyclic) bond motifs is 1. The summed E-state index contributed by atoms with van der Waals surface area (Å²) in [5.41, 5.74) is 1.28. The maximum Gasteiger partial charge on any atom is 0.269 e. The molecule has 1 unspecified atom stereocenters. The number of amides is 1. The molecule has 5 nitrogen and oxygen atoms in total. The van der Waals surface area contributed by atoms with Crippen molar-refractivity contribution in [2.24, 2.45) is 0 Å². The average molecular weight is 323 g/mol. The van der Waals surface area contributed by atoms with Crippen molar-refractivity contribution in [1.82, 2.24) is 15.1 Å². The van der Waals surface area contributed by atoms with Crippen LogP contribution >= 0.6 is 0 Å². The quantitative estimate of drug-likeness (QED) is 0.758. The van der Waals surface area contributed by atoms with Crippen LogP contribution in [0.5, 0.6) is 0 Å². The number of aliphatic hydroxyl groups excluding tert-OH is 1. The molecule has 0 saturated heterocycles. The van der Waals surface area contributed by atoms with E-state index in [0.29, 0.717) is 5.69 Å². The molecule has 3 aromatic rings. The number of nitrogens with one attached hydrogen (secondary N) is 1. The zero-order chi connectivity index (χ0) is 17.1. The number of carbonyl (C=O) groups is 1. The maximum atomic E-state index is 12.3. The van der Waals surface area contributed by atoms with E-state index in [2.05, 4.69) is 10.4 Å². The fraction of sp³-hybridized carbons (Fsp3) is 0.263. The Labute approximate surface area is 140 Å². The summed E-state index contributed by atoms with van der Waals surface area (Å²) in [5, 5.41) is 19.5. The first-order valence-corrected chi connectivity index (χ1v) is 8.04. The summed E-state index contributed by atoms with van der Waals surface area (Å²) in [6.07, 6.45) is 0.850. The summed E-state index contributed by atoms with van der Waals surface area (Å²) in [5.74, 6) is -0.235.